The third-order valence-corrected chi connectivity index (χ3v) is 5.91. The fraction of sp³-hybridized carbons (Fsp3) is 0.0476. The van der Waals surface area contributed by atoms with Crippen LogP contribution >= 0.6 is 24.0 Å². The topological polar surface area (TPSA) is 68.4 Å². The smallest absolute Gasteiger partial charge is 0.317 e. The number of halogens is 3. The minimum atomic E-state index is -4.55. The lowest BCUT2D eigenvalue weighted by Crippen LogP contribution is -2.27. The largest absolute Gasteiger partial charge is 0.416 e. The molecule has 0 spiro atoms. The second-order valence-corrected chi connectivity index (χ2v) is 8.32. The molecule has 0 unspecified atom stereocenters. The van der Waals surface area contributed by atoms with Crippen LogP contribution in [0.5, 0.6) is 0 Å². The second-order valence-electron chi connectivity index (χ2n) is 6.65. The summed E-state index contributed by atoms with van der Waals surface area (Å²) in [5, 5.41) is 11.1. The van der Waals surface area contributed by atoms with Crippen molar-refractivity contribution in [3.63, 3.8) is 0 Å². The molecule has 0 atom stereocenters. The zero-order valence-electron chi connectivity index (χ0n) is 15.9. The van der Waals surface area contributed by atoms with Gasteiger partial charge in [0.2, 0.25) is 0 Å². The van der Waals surface area contributed by atoms with Crippen LogP contribution in [-0.2, 0) is 11.0 Å². The molecule has 1 amide bonds. The molecule has 0 bridgehead atoms. The van der Waals surface area contributed by atoms with Gasteiger partial charge in [0.1, 0.15) is 0 Å². The van der Waals surface area contributed by atoms with Crippen LogP contribution in [-0.4, -0.2) is 19.7 Å². The van der Waals surface area contributed by atoms with E-state index in [1.165, 1.54) is 24.3 Å². The molecule has 1 aliphatic rings. The first-order chi connectivity index (χ1) is 15.1. The molecule has 1 saturated heterocycles. The molecule has 6 nitrogen and oxygen atoms in total. The lowest BCUT2D eigenvalue weighted by Gasteiger charge is -2.16. The number of hydrogen-bond acceptors (Lipinski definition) is 5. The molecule has 11 heteroatoms. The Bertz CT molecular complexity index is 1280. The van der Waals surface area contributed by atoms with E-state index in [9.17, 15) is 28.1 Å². The predicted molar refractivity (Wildman–Crippen MR) is 120 cm³/mol. The second kappa shape index (κ2) is 8.24. The van der Waals surface area contributed by atoms with Crippen LogP contribution in [0.2, 0.25) is 0 Å². The summed E-state index contributed by atoms with van der Waals surface area (Å²) in [6.45, 7) is 0. The minimum absolute atomic E-state index is 0.0276. The molecule has 1 aliphatic heterocycles. The van der Waals surface area contributed by atoms with Gasteiger partial charge in [0.15, 0.2) is 4.32 Å². The molecule has 162 valence electrons. The molecule has 0 N–H and O–H groups in total. The van der Waals surface area contributed by atoms with E-state index in [-0.39, 0.29) is 20.6 Å². The van der Waals surface area contributed by atoms with Gasteiger partial charge in [-0.1, -0.05) is 36.1 Å². The van der Waals surface area contributed by atoms with Gasteiger partial charge in [0, 0.05) is 24.0 Å². The number of alkyl halides is 3. The van der Waals surface area contributed by atoms with E-state index >= 15 is 0 Å². The Balaban J connectivity index is 1.68. The molecule has 3 aromatic rings. The zero-order valence-corrected chi connectivity index (χ0v) is 17.6. The monoisotopic (exact) mass is 475 g/mol. The highest BCUT2D eigenvalue weighted by atomic mass is 32.2. The van der Waals surface area contributed by atoms with Crippen LogP contribution in [0.3, 0.4) is 0 Å². The lowest BCUT2D eigenvalue weighted by atomic mass is 10.2. The lowest BCUT2D eigenvalue weighted by molar-refractivity contribution is -0.384. The Morgan fingerprint density at radius 1 is 1.03 bits per heavy atom. The number of aromatic nitrogens is 1. The molecule has 0 aliphatic carbocycles. The summed E-state index contributed by atoms with van der Waals surface area (Å²) in [7, 11) is 0. The van der Waals surface area contributed by atoms with Crippen molar-refractivity contribution < 1.29 is 22.9 Å². The molecule has 4 rings (SSSR count). The van der Waals surface area contributed by atoms with Gasteiger partial charge in [-0.25, -0.2) is 0 Å². The van der Waals surface area contributed by atoms with Crippen molar-refractivity contribution in [3.05, 3.63) is 93.1 Å². The Labute approximate surface area is 189 Å². The third-order valence-electron chi connectivity index (χ3n) is 4.60. The van der Waals surface area contributed by atoms with Gasteiger partial charge < -0.3 is 4.57 Å². The number of nitrogens with zero attached hydrogens (tertiary/aromatic N) is 3. The van der Waals surface area contributed by atoms with Crippen molar-refractivity contribution in [2.75, 3.05) is 4.90 Å². The fourth-order valence-electron chi connectivity index (χ4n) is 3.15. The van der Waals surface area contributed by atoms with Crippen LogP contribution in [0.25, 0.3) is 11.8 Å². The summed E-state index contributed by atoms with van der Waals surface area (Å²) in [5.74, 6) is -0.550. The minimum Gasteiger partial charge on any atom is -0.317 e. The standard InChI is InChI=1S/C21H12F3N3O3S2/c22-21(23,24)13-4-1-6-16(10-13)26-19(28)18(32-20(26)31)12-15-8-3-9-25(15)14-5-2-7-17(11-14)27(29)30/h1-12H/b18-12-. The van der Waals surface area contributed by atoms with E-state index in [1.54, 1.807) is 41.1 Å². The molecular weight excluding hydrogens is 463 g/mol. The Hall–Kier alpha value is -3.44. The van der Waals surface area contributed by atoms with Crippen molar-refractivity contribution in [2.24, 2.45) is 0 Å². The highest BCUT2D eigenvalue weighted by Crippen LogP contribution is 2.38. The zero-order chi connectivity index (χ0) is 23.0. The first-order valence-electron chi connectivity index (χ1n) is 9.02. The Morgan fingerprint density at radius 3 is 2.47 bits per heavy atom. The Kier molecular flexibility index (Phi) is 5.61. The van der Waals surface area contributed by atoms with Crippen molar-refractivity contribution in [2.45, 2.75) is 6.18 Å². The van der Waals surface area contributed by atoms with E-state index in [1.807, 2.05) is 0 Å². The molecule has 2 heterocycles. The van der Waals surface area contributed by atoms with Crippen LogP contribution in [0.4, 0.5) is 24.5 Å². The van der Waals surface area contributed by atoms with E-state index in [2.05, 4.69) is 0 Å². The number of nitro groups is 1. The fourth-order valence-corrected chi connectivity index (χ4v) is 4.43. The number of rotatable bonds is 4. The number of thiocarbonyl (C=S) groups is 1. The number of non-ortho nitro benzene ring substituents is 1. The molecule has 2 aromatic carbocycles. The summed E-state index contributed by atoms with van der Waals surface area (Å²) < 4.78 is 41.0. The number of benzene rings is 2. The number of anilines is 1. The van der Waals surface area contributed by atoms with Crippen molar-refractivity contribution in [1.29, 1.82) is 0 Å². The molecule has 1 aromatic heterocycles. The molecule has 0 saturated carbocycles. The van der Waals surface area contributed by atoms with Crippen molar-refractivity contribution in [1.82, 2.24) is 4.57 Å². The summed E-state index contributed by atoms with van der Waals surface area (Å²) in [6, 6.07) is 13.8. The average molecular weight is 475 g/mol. The summed E-state index contributed by atoms with van der Waals surface area (Å²) in [5.41, 5.74) is 0.129. The molecule has 32 heavy (non-hydrogen) atoms. The number of carbonyl (C=O) groups is 1. The van der Waals surface area contributed by atoms with E-state index < -0.39 is 22.6 Å². The summed E-state index contributed by atoms with van der Waals surface area (Å²) >= 11 is 6.21. The maximum absolute atomic E-state index is 13.1. The predicted octanol–water partition coefficient (Wildman–Crippen LogP) is 5.81. The molecular formula is C21H12F3N3O3S2. The van der Waals surface area contributed by atoms with Crippen molar-refractivity contribution in [3.8, 4) is 5.69 Å². The summed E-state index contributed by atoms with van der Waals surface area (Å²) in [6.07, 6.45) is -1.32. The van der Waals surface area contributed by atoms with E-state index in [0.717, 1.165) is 28.8 Å². The third kappa shape index (κ3) is 4.16. The van der Waals surface area contributed by atoms with E-state index in [0.29, 0.717) is 11.4 Å². The van der Waals surface area contributed by atoms with Gasteiger partial charge in [-0.05, 0) is 42.5 Å². The van der Waals surface area contributed by atoms with Gasteiger partial charge in [0.25, 0.3) is 11.6 Å². The quantitative estimate of drug-likeness (QED) is 0.206. The van der Waals surface area contributed by atoms with Gasteiger partial charge in [-0.3, -0.25) is 19.8 Å². The first kappa shape index (κ1) is 21.8. The average Bonchev–Trinajstić information content (AvgIpc) is 3.32. The van der Waals surface area contributed by atoms with Gasteiger partial charge in [-0.2, -0.15) is 13.2 Å². The van der Waals surface area contributed by atoms with Crippen LogP contribution in [0, 0.1) is 10.1 Å². The maximum Gasteiger partial charge on any atom is 0.416 e. The number of carbonyl (C=O) groups excluding carboxylic acids is 1. The summed E-state index contributed by atoms with van der Waals surface area (Å²) in [4.78, 5) is 24.8. The number of nitro benzene ring substituents is 1. The number of thioether (sulfide) groups is 1. The maximum atomic E-state index is 13.1. The highest BCUT2D eigenvalue weighted by Gasteiger charge is 2.36. The van der Waals surface area contributed by atoms with Crippen LogP contribution in [0.15, 0.2) is 71.8 Å². The van der Waals surface area contributed by atoms with Gasteiger partial charge in [0.05, 0.1) is 26.8 Å². The normalized spacial score (nSPS) is 15.6. The SMILES string of the molecule is O=C1/C(=C/c2cccn2-c2cccc([N+](=O)[O-])c2)SC(=S)N1c1cccc(C(F)(F)F)c1. The number of hydrogen-bond donors (Lipinski definition) is 0. The van der Waals surface area contributed by atoms with Crippen molar-refractivity contribution >= 4 is 51.7 Å². The molecule has 0 radical (unpaired) electrons. The first-order valence-corrected chi connectivity index (χ1v) is 10.2. The van der Waals surface area contributed by atoms with Gasteiger partial charge >= 0.3 is 6.18 Å². The highest BCUT2D eigenvalue weighted by molar-refractivity contribution is 8.27. The number of amides is 1. The van der Waals surface area contributed by atoms with E-state index in [4.69, 9.17) is 12.2 Å². The van der Waals surface area contributed by atoms with Crippen LogP contribution in [0.1, 0.15) is 11.3 Å². The van der Waals surface area contributed by atoms with Crippen LogP contribution < -0.4 is 4.90 Å². The van der Waals surface area contributed by atoms with Gasteiger partial charge in [-0.15, -0.1) is 0 Å². The molecule has 1 fully saturated rings. The Morgan fingerprint density at radius 2 is 1.75 bits per heavy atom.